The topological polar surface area (TPSA) is 90.9 Å². The molecule has 7 nitrogen and oxygen atoms in total. The Hall–Kier alpha value is -2.57. The standard InChI is InChI=1S/C20H29NO6/c1-12(2)7-16(20(24)25-6)21-17(22)10-26-18(23)11-27-19-14(4)8-13(3)9-15(19)5/h8-9,12,16H,7,10-11H2,1-6H3,(H,21,22)/t16-/m1/s1. The third-order valence-corrected chi connectivity index (χ3v) is 3.83. The van der Waals surface area contributed by atoms with Gasteiger partial charge in [0, 0.05) is 0 Å². The van der Waals surface area contributed by atoms with Gasteiger partial charge in [0.05, 0.1) is 7.11 Å². The highest BCUT2D eigenvalue weighted by Crippen LogP contribution is 2.24. The number of benzene rings is 1. The van der Waals surface area contributed by atoms with Gasteiger partial charge >= 0.3 is 11.9 Å². The molecule has 0 aliphatic carbocycles. The van der Waals surface area contributed by atoms with Crippen LogP contribution in [0.15, 0.2) is 12.1 Å². The predicted molar refractivity (Wildman–Crippen MR) is 101 cm³/mol. The van der Waals surface area contributed by atoms with E-state index in [-0.39, 0.29) is 12.5 Å². The zero-order valence-electron chi connectivity index (χ0n) is 16.9. The minimum atomic E-state index is -0.768. The van der Waals surface area contributed by atoms with Crippen molar-refractivity contribution in [2.45, 2.75) is 47.1 Å². The molecule has 0 radical (unpaired) electrons. The first-order chi connectivity index (χ1) is 12.6. The summed E-state index contributed by atoms with van der Waals surface area (Å²) in [5, 5.41) is 2.52. The molecular formula is C20H29NO6. The number of esters is 2. The maximum atomic E-state index is 11.9. The Morgan fingerprint density at radius 3 is 2.15 bits per heavy atom. The lowest BCUT2D eigenvalue weighted by molar-refractivity contribution is -0.151. The van der Waals surface area contributed by atoms with E-state index >= 15 is 0 Å². The number of carbonyl (C=O) groups excluding carboxylic acids is 3. The van der Waals surface area contributed by atoms with Gasteiger partial charge in [-0.15, -0.1) is 0 Å². The molecule has 1 aromatic carbocycles. The van der Waals surface area contributed by atoms with Crippen LogP contribution in [0.1, 0.15) is 37.0 Å². The summed E-state index contributed by atoms with van der Waals surface area (Å²) in [6.07, 6.45) is 0.432. The van der Waals surface area contributed by atoms with Crippen LogP contribution in [-0.2, 0) is 23.9 Å². The van der Waals surface area contributed by atoms with Gasteiger partial charge in [0.25, 0.3) is 5.91 Å². The number of methoxy groups -OCH3 is 1. The fourth-order valence-electron chi connectivity index (χ4n) is 2.78. The Morgan fingerprint density at radius 1 is 1.04 bits per heavy atom. The first kappa shape index (κ1) is 22.5. The van der Waals surface area contributed by atoms with Crippen molar-refractivity contribution in [3.05, 3.63) is 28.8 Å². The monoisotopic (exact) mass is 379 g/mol. The number of nitrogens with one attached hydrogen (secondary N) is 1. The summed E-state index contributed by atoms with van der Waals surface area (Å²) in [7, 11) is 1.26. The third-order valence-electron chi connectivity index (χ3n) is 3.83. The Labute approximate surface area is 160 Å². The minimum Gasteiger partial charge on any atom is -0.481 e. The summed E-state index contributed by atoms with van der Waals surface area (Å²) in [6.45, 7) is 8.84. The van der Waals surface area contributed by atoms with Crippen LogP contribution in [0.2, 0.25) is 0 Å². The summed E-state index contributed by atoms with van der Waals surface area (Å²) in [4.78, 5) is 35.5. The Morgan fingerprint density at radius 2 is 1.63 bits per heavy atom. The van der Waals surface area contributed by atoms with Crippen LogP contribution >= 0.6 is 0 Å². The molecule has 27 heavy (non-hydrogen) atoms. The molecule has 0 aromatic heterocycles. The molecule has 0 aliphatic heterocycles. The second-order valence-electron chi connectivity index (χ2n) is 6.95. The normalized spacial score (nSPS) is 11.7. The van der Waals surface area contributed by atoms with Crippen LogP contribution in [0.25, 0.3) is 0 Å². The fourth-order valence-corrected chi connectivity index (χ4v) is 2.78. The van der Waals surface area contributed by atoms with E-state index in [2.05, 4.69) is 10.1 Å². The van der Waals surface area contributed by atoms with E-state index < -0.39 is 30.5 Å². The van der Waals surface area contributed by atoms with Crippen molar-refractivity contribution in [3.63, 3.8) is 0 Å². The molecule has 0 spiro atoms. The molecule has 1 atom stereocenters. The van der Waals surface area contributed by atoms with Crippen molar-refractivity contribution in [3.8, 4) is 5.75 Å². The summed E-state index contributed by atoms with van der Waals surface area (Å²) in [6, 6.07) is 3.15. The van der Waals surface area contributed by atoms with E-state index in [9.17, 15) is 14.4 Å². The van der Waals surface area contributed by atoms with E-state index in [1.165, 1.54) is 7.11 Å². The maximum absolute atomic E-state index is 11.9. The molecule has 0 aliphatic rings. The van der Waals surface area contributed by atoms with E-state index in [1.54, 1.807) is 0 Å². The Kier molecular flexibility index (Phi) is 8.78. The average Bonchev–Trinajstić information content (AvgIpc) is 2.57. The molecule has 0 fully saturated rings. The summed E-state index contributed by atoms with van der Waals surface area (Å²) in [5.74, 6) is -0.946. The Bertz CT molecular complexity index is 660. The van der Waals surface area contributed by atoms with Gasteiger partial charge in [0.2, 0.25) is 0 Å². The minimum absolute atomic E-state index is 0.186. The third kappa shape index (κ3) is 7.68. The van der Waals surface area contributed by atoms with Gasteiger partial charge in [-0.1, -0.05) is 31.5 Å². The Balaban J connectivity index is 2.49. The molecule has 0 bridgehead atoms. The molecule has 1 rings (SSSR count). The van der Waals surface area contributed by atoms with Gasteiger partial charge in [-0.05, 0) is 44.2 Å². The number of hydrogen-bond acceptors (Lipinski definition) is 6. The molecule has 1 amide bonds. The van der Waals surface area contributed by atoms with Crippen LogP contribution in [0.5, 0.6) is 5.75 Å². The van der Waals surface area contributed by atoms with Gasteiger partial charge in [-0.25, -0.2) is 9.59 Å². The summed E-state index contributed by atoms with van der Waals surface area (Å²) >= 11 is 0. The van der Waals surface area contributed by atoms with Gasteiger partial charge in [0.15, 0.2) is 13.2 Å². The largest absolute Gasteiger partial charge is 0.481 e. The second-order valence-corrected chi connectivity index (χ2v) is 6.95. The van der Waals surface area contributed by atoms with Crippen molar-refractivity contribution in [2.75, 3.05) is 20.3 Å². The van der Waals surface area contributed by atoms with E-state index in [0.717, 1.165) is 16.7 Å². The van der Waals surface area contributed by atoms with Crippen molar-refractivity contribution in [1.29, 1.82) is 0 Å². The van der Waals surface area contributed by atoms with Crippen molar-refractivity contribution in [2.24, 2.45) is 5.92 Å². The molecule has 0 unspecified atom stereocenters. The lowest BCUT2D eigenvalue weighted by Crippen LogP contribution is -2.44. The van der Waals surface area contributed by atoms with Crippen LogP contribution < -0.4 is 10.1 Å². The van der Waals surface area contributed by atoms with E-state index in [0.29, 0.717) is 12.2 Å². The van der Waals surface area contributed by atoms with E-state index in [4.69, 9.17) is 9.47 Å². The molecule has 7 heteroatoms. The van der Waals surface area contributed by atoms with Crippen LogP contribution in [0.4, 0.5) is 0 Å². The highest BCUT2D eigenvalue weighted by Gasteiger charge is 2.23. The first-order valence-corrected chi connectivity index (χ1v) is 8.87. The second kappa shape index (κ2) is 10.5. The zero-order chi connectivity index (χ0) is 20.6. The number of aryl methyl sites for hydroxylation is 3. The van der Waals surface area contributed by atoms with Gasteiger partial charge < -0.3 is 19.5 Å². The first-order valence-electron chi connectivity index (χ1n) is 8.87. The predicted octanol–water partition coefficient (Wildman–Crippen LogP) is 2.24. The lowest BCUT2D eigenvalue weighted by atomic mass is 10.0. The molecule has 0 saturated heterocycles. The fraction of sp³-hybridized carbons (Fsp3) is 0.550. The van der Waals surface area contributed by atoms with Crippen LogP contribution in [0, 0.1) is 26.7 Å². The molecule has 150 valence electrons. The highest BCUT2D eigenvalue weighted by atomic mass is 16.6. The molecule has 0 saturated carbocycles. The average molecular weight is 379 g/mol. The van der Waals surface area contributed by atoms with E-state index in [1.807, 2.05) is 46.8 Å². The lowest BCUT2D eigenvalue weighted by Gasteiger charge is -2.18. The van der Waals surface area contributed by atoms with Gasteiger partial charge in [0.1, 0.15) is 11.8 Å². The SMILES string of the molecule is COC(=O)[C@@H](CC(C)C)NC(=O)COC(=O)COc1c(C)cc(C)cc1C. The number of ether oxygens (including phenoxy) is 3. The summed E-state index contributed by atoms with van der Waals surface area (Å²) < 4.78 is 15.1. The van der Waals surface area contributed by atoms with Crippen molar-refractivity contribution >= 4 is 17.8 Å². The molecule has 1 aromatic rings. The maximum Gasteiger partial charge on any atom is 0.344 e. The summed E-state index contributed by atoms with van der Waals surface area (Å²) in [5.41, 5.74) is 2.96. The number of hydrogen-bond donors (Lipinski definition) is 1. The molecular weight excluding hydrogens is 350 g/mol. The van der Waals surface area contributed by atoms with Gasteiger partial charge in [-0.2, -0.15) is 0 Å². The van der Waals surface area contributed by atoms with Gasteiger partial charge in [-0.3, -0.25) is 4.79 Å². The number of amides is 1. The smallest absolute Gasteiger partial charge is 0.344 e. The van der Waals surface area contributed by atoms with Crippen LogP contribution in [-0.4, -0.2) is 44.2 Å². The van der Waals surface area contributed by atoms with Crippen molar-refractivity contribution in [1.82, 2.24) is 5.32 Å². The quantitative estimate of drug-likeness (QED) is 0.662. The van der Waals surface area contributed by atoms with Crippen molar-refractivity contribution < 1.29 is 28.6 Å². The molecule has 1 N–H and O–H groups in total. The number of carbonyl (C=O) groups is 3. The van der Waals surface area contributed by atoms with Crippen LogP contribution in [0.3, 0.4) is 0 Å². The highest BCUT2D eigenvalue weighted by molar-refractivity contribution is 5.86. The molecule has 0 heterocycles. The number of rotatable bonds is 9. The zero-order valence-corrected chi connectivity index (χ0v) is 16.9.